The van der Waals surface area contributed by atoms with Crippen LogP contribution in [0.15, 0.2) is 4.52 Å². The number of nitrogens with one attached hydrogen (secondary N) is 1. The number of rotatable bonds is 4. The van der Waals surface area contributed by atoms with Gasteiger partial charge >= 0.3 is 0 Å². The Morgan fingerprint density at radius 3 is 2.85 bits per heavy atom. The molecule has 1 N–H and O–H groups in total. The van der Waals surface area contributed by atoms with Crippen LogP contribution in [0.25, 0.3) is 0 Å². The van der Waals surface area contributed by atoms with Crippen molar-refractivity contribution in [2.45, 2.75) is 51.1 Å². The Morgan fingerprint density at radius 2 is 2.20 bits per heavy atom. The van der Waals surface area contributed by atoms with Gasteiger partial charge in [0.25, 0.3) is 0 Å². The molecule has 1 aromatic rings. The molecule has 0 bridgehead atoms. The molecule has 3 unspecified atom stereocenters. The Balaban J connectivity index is 1.53. The number of sulfone groups is 1. The molecule has 2 aliphatic rings. The fourth-order valence-corrected chi connectivity index (χ4v) is 4.84. The highest BCUT2D eigenvalue weighted by atomic mass is 32.2. The Labute approximate surface area is 119 Å². The average Bonchev–Trinajstić information content (AvgIpc) is 3.06. The van der Waals surface area contributed by atoms with Gasteiger partial charge in [-0.05, 0) is 31.6 Å². The molecule has 112 valence electrons. The molecule has 3 rings (SSSR count). The van der Waals surface area contributed by atoms with Crippen LogP contribution in [-0.2, 0) is 16.4 Å². The molecule has 3 atom stereocenters. The molecule has 0 spiro atoms. The molecule has 1 aliphatic carbocycles. The molecule has 1 aliphatic heterocycles. The van der Waals surface area contributed by atoms with Crippen LogP contribution in [-0.4, -0.2) is 36.1 Å². The van der Waals surface area contributed by atoms with E-state index in [1.807, 2.05) is 0 Å². The molecule has 0 radical (unpaired) electrons. The van der Waals surface area contributed by atoms with Crippen LogP contribution in [0, 0.1) is 5.92 Å². The van der Waals surface area contributed by atoms with Crippen molar-refractivity contribution >= 4 is 9.84 Å². The van der Waals surface area contributed by atoms with Gasteiger partial charge in [-0.25, -0.2) is 8.42 Å². The molecule has 1 saturated heterocycles. The molecule has 1 aromatic heterocycles. The van der Waals surface area contributed by atoms with Gasteiger partial charge in [-0.2, -0.15) is 4.98 Å². The number of hydrogen-bond donors (Lipinski definition) is 1. The maximum absolute atomic E-state index is 11.4. The predicted molar refractivity (Wildman–Crippen MR) is 74.0 cm³/mol. The predicted octanol–water partition coefficient (Wildman–Crippen LogP) is 1.25. The van der Waals surface area contributed by atoms with Crippen LogP contribution in [0.1, 0.15) is 50.2 Å². The normalized spacial score (nSPS) is 32.8. The summed E-state index contributed by atoms with van der Waals surface area (Å²) in [5.74, 6) is 3.03. The van der Waals surface area contributed by atoms with Gasteiger partial charge in [0.2, 0.25) is 5.89 Å². The quantitative estimate of drug-likeness (QED) is 0.900. The third kappa shape index (κ3) is 3.20. The summed E-state index contributed by atoms with van der Waals surface area (Å²) in [6.07, 6.45) is 4.16. The van der Waals surface area contributed by atoms with Gasteiger partial charge in [0, 0.05) is 12.0 Å². The van der Waals surface area contributed by atoms with Crippen molar-refractivity contribution in [2.75, 3.05) is 11.5 Å². The van der Waals surface area contributed by atoms with Crippen molar-refractivity contribution in [3.05, 3.63) is 11.7 Å². The molecule has 1 saturated carbocycles. The molecule has 2 heterocycles. The minimum Gasteiger partial charge on any atom is -0.338 e. The fourth-order valence-electron chi connectivity index (χ4n) is 3.13. The first-order valence-corrected chi connectivity index (χ1v) is 9.10. The minimum absolute atomic E-state index is 0.0156. The maximum atomic E-state index is 11.4. The monoisotopic (exact) mass is 299 g/mol. The summed E-state index contributed by atoms with van der Waals surface area (Å²) in [6, 6.07) is 0.0156. The second-order valence-corrected chi connectivity index (χ2v) is 8.37. The molecule has 6 nitrogen and oxygen atoms in total. The van der Waals surface area contributed by atoms with Crippen molar-refractivity contribution in [1.82, 2.24) is 15.5 Å². The van der Waals surface area contributed by atoms with E-state index in [0.29, 0.717) is 24.8 Å². The second kappa shape index (κ2) is 5.44. The van der Waals surface area contributed by atoms with Crippen LogP contribution in [0.4, 0.5) is 0 Å². The van der Waals surface area contributed by atoms with E-state index >= 15 is 0 Å². The molecular formula is C13H21N3O3S. The van der Waals surface area contributed by atoms with Crippen molar-refractivity contribution < 1.29 is 12.9 Å². The van der Waals surface area contributed by atoms with Crippen molar-refractivity contribution in [2.24, 2.45) is 5.92 Å². The molecule has 0 amide bonds. The molecule has 2 fully saturated rings. The highest BCUT2D eigenvalue weighted by Crippen LogP contribution is 2.36. The standard InChI is InChI=1S/C13H21N3O3S/c1-9-2-3-10(6-9)13-15-12(19-16-13)7-14-11-4-5-20(17,18)8-11/h9-11,14H,2-8H2,1H3. The van der Waals surface area contributed by atoms with Gasteiger partial charge in [0.05, 0.1) is 18.1 Å². The lowest BCUT2D eigenvalue weighted by atomic mass is 10.1. The molecule has 20 heavy (non-hydrogen) atoms. The summed E-state index contributed by atoms with van der Waals surface area (Å²) in [5, 5.41) is 7.25. The SMILES string of the molecule is CC1CCC(c2noc(CNC3CCS(=O)(=O)C3)n2)C1. The van der Waals surface area contributed by atoms with E-state index in [-0.39, 0.29) is 17.5 Å². The van der Waals surface area contributed by atoms with Crippen LogP contribution in [0.5, 0.6) is 0 Å². The van der Waals surface area contributed by atoms with Gasteiger partial charge in [0.1, 0.15) is 0 Å². The van der Waals surface area contributed by atoms with E-state index in [2.05, 4.69) is 22.4 Å². The summed E-state index contributed by atoms with van der Waals surface area (Å²) in [7, 11) is -2.84. The molecular weight excluding hydrogens is 278 g/mol. The van der Waals surface area contributed by atoms with E-state index in [9.17, 15) is 8.42 Å². The van der Waals surface area contributed by atoms with Crippen LogP contribution in [0.2, 0.25) is 0 Å². The summed E-state index contributed by atoms with van der Waals surface area (Å²) in [6.45, 7) is 2.71. The second-order valence-electron chi connectivity index (χ2n) is 6.14. The smallest absolute Gasteiger partial charge is 0.240 e. The highest BCUT2D eigenvalue weighted by Gasteiger charge is 2.29. The van der Waals surface area contributed by atoms with Crippen LogP contribution in [0.3, 0.4) is 0 Å². The van der Waals surface area contributed by atoms with Crippen LogP contribution >= 0.6 is 0 Å². The third-order valence-electron chi connectivity index (χ3n) is 4.32. The first kappa shape index (κ1) is 14.0. The van der Waals surface area contributed by atoms with E-state index in [0.717, 1.165) is 24.6 Å². The zero-order valence-corrected chi connectivity index (χ0v) is 12.5. The van der Waals surface area contributed by atoms with Crippen molar-refractivity contribution in [1.29, 1.82) is 0 Å². The lowest BCUT2D eigenvalue weighted by Gasteiger charge is -2.07. The van der Waals surface area contributed by atoms with Crippen LogP contribution < -0.4 is 5.32 Å². The fraction of sp³-hybridized carbons (Fsp3) is 0.846. The van der Waals surface area contributed by atoms with Gasteiger partial charge < -0.3 is 9.84 Å². The molecule has 7 heteroatoms. The number of aromatic nitrogens is 2. The third-order valence-corrected chi connectivity index (χ3v) is 6.09. The van der Waals surface area contributed by atoms with E-state index in [1.54, 1.807) is 0 Å². The Bertz CT molecular complexity index is 569. The maximum Gasteiger partial charge on any atom is 0.240 e. The van der Waals surface area contributed by atoms with Gasteiger partial charge in [-0.1, -0.05) is 12.1 Å². The van der Waals surface area contributed by atoms with Crippen molar-refractivity contribution in [3.63, 3.8) is 0 Å². The summed E-state index contributed by atoms with van der Waals surface area (Å²) < 4.78 is 28.0. The Hall–Kier alpha value is -0.950. The Morgan fingerprint density at radius 1 is 1.35 bits per heavy atom. The largest absolute Gasteiger partial charge is 0.338 e. The van der Waals surface area contributed by atoms with Gasteiger partial charge in [-0.15, -0.1) is 0 Å². The first-order valence-electron chi connectivity index (χ1n) is 7.28. The highest BCUT2D eigenvalue weighted by molar-refractivity contribution is 7.91. The Kier molecular flexibility index (Phi) is 3.81. The van der Waals surface area contributed by atoms with Crippen molar-refractivity contribution in [3.8, 4) is 0 Å². The minimum atomic E-state index is -2.84. The zero-order valence-electron chi connectivity index (χ0n) is 11.7. The van der Waals surface area contributed by atoms with Gasteiger partial charge in [-0.3, -0.25) is 0 Å². The first-order chi connectivity index (χ1) is 9.52. The topological polar surface area (TPSA) is 85.1 Å². The summed E-state index contributed by atoms with van der Waals surface area (Å²) >= 11 is 0. The lowest BCUT2D eigenvalue weighted by Crippen LogP contribution is -2.29. The summed E-state index contributed by atoms with van der Waals surface area (Å²) in [5.41, 5.74) is 0. The van der Waals surface area contributed by atoms with E-state index in [1.165, 1.54) is 6.42 Å². The van der Waals surface area contributed by atoms with E-state index < -0.39 is 9.84 Å². The summed E-state index contributed by atoms with van der Waals surface area (Å²) in [4.78, 5) is 4.43. The lowest BCUT2D eigenvalue weighted by molar-refractivity contribution is 0.353. The average molecular weight is 299 g/mol. The van der Waals surface area contributed by atoms with Gasteiger partial charge in [0.15, 0.2) is 15.7 Å². The zero-order chi connectivity index (χ0) is 14.2. The number of nitrogens with zero attached hydrogens (tertiary/aromatic N) is 2. The number of hydrogen-bond acceptors (Lipinski definition) is 6. The molecule has 0 aromatic carbocycles. The van der Waals surface area contributed by atoms with E-state index in [4.69, 9.17) is 4.52 Å².